The molecule has 0 radical (unpaired) electrons. The Morgan fingerprint density at radius 1 is 1.32 bits per heavy atom. The molecule has 1 N–H and O–H groups in total. The number of hydrogen-bond acceptors (Lipinski definition) is 3. The van der Waals surface area contributed by atoms with E-state index in [0.717, 1.165) is 19.6 Å². The lowest BCUT2D eigenvalue weighted by Gasteiger charge is -2.39. The van der Waals surface area contributed by atoms with E-state index in [9.17, 15) is 4.79 Å². The lowest BCUT2D eigenvalue weighted by Crippen LogP contribution is -2.55. The molecule has 0 aliphatic carbocycles. The van der Waals surface area contributed by atoms with Gasteiger partial charge < -0.3 is 10.2 Å². The maximum Gasteiger partial charge on any atom is 0.237 e. The van der Waals surface area contributed by atoms with Gasteiger partial charge in [0.15, 0.2) is 0 Å². The highest BCUT2D eigenvalue weighted by molar-refractivity contribution is 5.79. The summed E-state index contributed by atoms with van der Waals surface area (Å²) >= 11 is 0. The van der Waals surface area contributed by atoms with Gasteiger partial charge in [-0.15, -0.1) is 0 Å². The minimum Gasteiger partial charge on any atom is -0.332 e. The molecule has 1 aromatic carbocycles. The van der Waals surface area contributed by atoms with Crippen molar-refractivity contribution in [2.45, 2.75) is 45.8 Å². The van der Waals surface area contributed by atoms with Crippen molar-refractivity contribution in [3.05, 3.63) is 35.9 Å². The number of amides is 1. The van der Waals surface area contributed by atoms with Crippen LogP contribution in [0.25, 0.3) is 0 Å². The molecule has 0 aromatic heterocycles. The van der Waals surface area contributed by atoms with Crippen LogP contribution in [0, 0.1) is 0 Å². The summed E-state index contributed by atoms with van der Waals surface area (Å²) in [5, 5.41) is 3.37. The fourth-order valence-electron chi connectivity index (χ4n) is 2.84. The smallest absolute Gasteiger partial charge is 0.237 e. The Morgan fingerprint density at radius 3 is 2.59 bits per heavy atom. The van der Waals surface area contributed by atoms with Crippen LogP contribution < -0.4 is 5.32 Å². The number of rotatable bonds is 4. The van der Waals surface area contributed by atoms with Gasteiger partial charge in [-0.25, -0.2) is 0 Å². The topological polar surface area (TPSA) is 35.6 Å². The van der Waals surface area contributed by atoms with Crippen molar-refractivity contribution < 1.29 is 4.79 Å². The average Bonchev–Trinajstić information content (AvgIpc) is 2.47. The van der Waals surface area contributed by atoms with Gasteiger partial charge in [0.05, 0.1) is 6.54 Å². The predicted molar refractivity (Wildman–Crippen MR) is 90.6 cm³/mol. The maximum absolute atomic E-state index is 12.9. The maximum atomic E-state index is 12.9. The van der Waals surface area contributed by atoms with E-state index in [4.69, 9.17) is 0 Å². The molecule has 1 aliphatic rings. The minimum absolute atomic E-state index is 0.176. The molecule has 0 spiro atoms. The quantitative estimate of drug-likeness (QED) is 0.925. The molecule has 0 saturated carbocycles. The highest BCUT2D eigenvalue weighted by Gasteiger charge is 2.29. The number of nitrogens with one attached hydrogen (secondary N) is 1. The fourth-order valence-corrected chi connectivity index (χ4v) is 2.84. The molecule has 122 valence electrons. The van der Waals surface area contributed by atoms with Crippen LogP contribution in [-0.2, 0) is 11.3 Å². The van der Waals surface area contributed by atoms with Gasteiger partial charge in [0.1, 0.15) is 0 Å². The molecule has 1 fully saturated rings. The van der Waals surface area contributed by atoms with Gasteiger partial charge in [-0.2, -0.15) is 0 Å². The predicted octanol–water partition coefficient (Wildman–Crippen LogP) is 2.11. The summed E-state index contributed by atoms with van der Waals surface area (Å²) in [6.07, 6.45) is 0. The molecule has 1 amide bonds. The van der Waals surface area contributed by atoms with E-state index >= 15 is 0 Å². The van der Waals surface area contributed by atoms with Crippen LogP contribution in [0.5, 0.6) is 0 Å². The molecule has 22 heavy (non-hydrogen) atoms. The second-order valence-electron chi connectivity index (χ2n) is 7.16. The zero-order chi connectivity index (χ0) is 16.2. The van der Waals surface area contributed by atoms with Gasteiger partial charge >= 0.3 is 0 Å². The van der Waals surface area contributed by atoms with Crippen molar-refractivity contribution in [2.24, 2.45) is 0 Å². The summed E-state index contributed by atoms with van der Waals surface area (Å²) < 4.78 is 0. The Labute approximate surface area is 134 Å². The zero-order valence-electron chi connectivity index (χ0n) is 14.3. The summed E-state index contributed by atoms with van der Waals surface area (Å²) in [5.41, 5.74) is 1.00. The number of piperazine rings is 1. The highest BCUT2D eigenvalue weighted by Crippen LogP contribution is 2.18. The first-order valence-corrected chi connectivity index (χ1v) is 8.17. The van der Waals surface area contributed by atoms with E-state index < -0.39 is 0 Å². The second kappa shape index (κ2) is 7.25. The summed E-state index contributed by atoms with van der Waals surface area (Å²) in [7, 11) is 0. The number of hydrogen-bond donors (Lipinski definition) is 1. The van der Waals surface area contributed by atoms with Crippen LogP contribution in [-0.4, -0.2) is 53.5 Å². The van der Waals surface area contributed by atoms with Crippen LogP contribution in [0.4, 0.5) is 0 Å². The minimum atomic E-state index is -0.176. The highest BCUT2D eigenvalue weighted by atomic mass is 16.2. The molecule has 1 aliphatic heterocycles. The van der Waals surface area contributed by atoms with Crippen molar-refractivity contribution in [1.82, 2.24) is 15.1 Å². The standard InChI is InChI=1S/C18H29N3O/c1-15-12-19-10-11-20(15)14-17(22)21(18(2,3)4)13-16-8-6-5-7-9-16/h5-9,15,19H,10-14H2,1-4H3/t15-/m0/s1. The van der Waals surface area contributed by atoms with Crippen LogP contribution in [0.3, 0.4) is 0 Å². The molecule has 0 unspecified atom stereocenters. The third-order valence-corrected chi connectivity index (χ3v) is 4.27. The van der Waals surface area contributed by atoms with Gasteiger partial charge in [-0.05, 0) is 33.3 Å². The molecule has 4 heteroatoms. The lowest BCUT2D eigenvalue weighted by molar-refractivity contribution is -0.138. The van der Waals surface area contributed by atoms with E-state index in [0.29, 0.717) is 19.1 Å². The number of benzene rings is 1. The molecule has 0 bridgehead atoms. The molecule has 1 aromatic rings. The Bertz CT molecular complexity index is 481. The van der Waals surface area contributed by atoms with E-state index in [-0.39, 0.29) is 11.4 Å². The van der Waals surface area contributed by atoms with E-state index in [1.54, 1.807) is 0 Å². The number of nitrogens with zero attached hydrogens (tertiary/aromatic N) is 2. The Hall–Kier alpha value is -1.39. The van der Waals surface area contributed by atoms with Gasteiger partial charge in [-0.1, -0.05) is 30.3 Å². The third kappa shape index (κ3) is 4.55. The first-order valence-electron chi connectivity index (χ1n) is 8.17. The first-order chi connectivity index (χ1) is 10.4. The summed E-state index contributed by atoms with van der Waals surface area (Å²) in [6.45, 7) is 12.5. The van der Waals surface area contributed by atoms with Gasteiger partial charge in [0.2, 0.25) is 5.91 Å². The van der Waals surface area contributed by atoms with Crippen molar-refractivity contribution in [1.29, 1.82) is 0 Å². The average molecular weight is 303 g/mol. The molecular formula is C18H29N3O. The third-order valence-electron chi connectivity index (χ3n) is 4.27. The van der Waals surface area contributed by atoms with Crippen LogP contribution >= 0.6 is 0 Å². The van der Waals surface area contributed by atoms with E-state index in [1.807, 2.05) is 23.1 Å². The summed E-state index contributed by atoms with van der Waals surface area (Å²) in [4.78, 5) is 17.1. The van der Waals surface area contributed by atoms with Crippen LogP contribution in [0.1, 0.15) is 33.3 Å². The number of carbonyl (C=O) groups excluding carboxylic acids is 1. The van der Waals surface area contributed by atoms with Crippen LogP contribution in [0.2, 0.25) is 0 Å². The zero-order valence-corrected chi connectivity index (χ0v) is 14.3. The first kappa shape index (κ1) is 17.0. The number of carbonyl (C=O) groups is 1. The molecular weight excluding hydrogens is 274 g/mol. The molecule has 1 saturated heterocycles. The monoisotopic (exact) mass is 303 g/mol. The van der Waals surface area contributed by atoms with Crippen LogP contribution in [0.15, 0.2) is 30.3 Å². The van der Waals surface area contributed by atoms with Gasteiger partial charge in [-0.3, -0.25) is 9.69 Å². The SMILES string of the molecule is C[C@H]1CNCCN1CC(=O)N(Cc1ccccc1)C(C)(C)C. The Morgan fingerprint density at radius 2 is 2.00 bits per heavy atom. The molecule has 2 rings (SSSR count). The largest absolute Gasteiger partial charge is 0.332 e. The molecule has 1 heterocycles. The Balaban J connectivity index is 2.06. The normalized spacial score (nSPS) is 19.9. The van der Waals surface area contributed by atoms with Gasteiger partial charge in [0.25, 0.3) is 0 Å². The second-order valence-corrected chi connectivity index (χ2v) is 7.16. The van der Waals surface area contributed by atoms with E-state index in [2.05, 4.69) is 50.0 Å². The Kier molecular flexibility index (Phi) is 5.59. The molecule has 4 nitrogen and oxygen atoms in total. The fraction of sp³-hybridized carbons (Fsp3) is 0.611. The molecule has 1 atom stereocenters. The van der Waals surface area contributed by atoms with Gasteiger partial charge in [0, 0.05) is 37.8 Å². The van der Waals surface area contributed by atoms with Crippen molar-refractivity contribution in [3.8, 4) is 0 Å². The van der Waals surface area contributed by atoms with Crippen molar-refractivity contribution in [3.63, 3.8) is 0 Å². The van der Waals surface area contributed by atoms with E-state index in [1.165, 1.54) is 5.56 Å². The summed E-state index contributed by atoms with van der Waals surface area (Å²) in [5.74, 6) is 0.213. The summed E-state index contributed by atoms with van der Waals surface area (Å²) in [6, 6.07) is 10.6. The van der Waals surface area contributed by atoms with Crippen molar-refractivity contribution in [2.75, 3.05) is 26.2 Å². The van der Waals surface area contributed by atoms with Crippen molar-refractivity contribution >= 4 is 5.91 Å². The lowest BCUT2D eigenvalue weighted by atomic mass is 10.0.